The van der Waals surface area contributed by atoms with Crippen LogP contribution in [0.1, 0.15) is 23.0 Å². The average molecular weight is 391 g/mol. The van der Waals surface area contributed by atoms with Gasteiger partial charge in [-0.3, -0.25) is 14.2 Å². The SMILES string of the molecule is CCn1cc(C(=O)Nc2ccc(S(=O)(=O)Nc3nccs3)cc2)c(C)n1. The maximum atomic E-state index is 12.4. The number of hydrogen-bond donors (Lipinski definition) is 2. The Hall–Kier alpha value is -2.72. The molecule has 0 spiro atoms. The van der Waals surface area contributed by atoms with Gasteiger partial charge in [0.25, 0.3) is 15.9 Å². The lowest BCUT2D eigenvalue weighted by atomic mass is 10.2. The number of nitrogens with zero attached hydrogens (tertiary/aromatic N) is 3. The molecule has 2 heterocycles. The number of amides is 1. The number of aryl methyl sites for hydroxylation is 2. The molecule has 0 fully saturated rings. The van der Waals surface area contributed by atoms with E-state index in [1.807, 2.05) is 6.92 Å². The first-order valence-electron chi connectivity index (χ1n) is 7.77. The lowest BCUT2D eigenvalue weighted by Crippen LogP contribution is -2.14. The summed E-state index contributed by atoms with van der Waals surface area (Å²) in [6, 6.07) is 5.92. The van der Waals surface area contributed by atoms with Crippen LogP contribution in [-0.4, -0.2) is 29.1 Å². The van der Waals surface area contributed by atoms with Crippen LogP contribution in [0.4, 0.5) is 10.8 Å². The van der Waals surface area contributed by atoms with Gasteiger partial charge in [0.15, 0.2) is 5.13 Å². The van der Waals surface area contributed by atoms with Gasteiger partial charge >= 0.3 is 0 Å². The maximum absolute atomic E-state index is 12.4. The Morgan fingerprint density at radius 2 is 2.00 bits per heavy atom. The number of nitrogens with one attached hydrogen (secondary N) is 2. The van der Waals surface area contributed by atoms with Crippen LogP contribution in [0.2, 0.25) is 0 Å². The van der Waals surface area contributed by atoms with Crippen molar-refractivity contribution in [1.82, 2.24) is 14.8 Å². The smallest absolute Gasteiger partial charge is 0.263 e. The molecule has 8 nitrogen and oxygen atoms in total. The van der Waals surface area contributed by atoms with Crippen LogP contribution in [0.5, 0.6) is 0 Å². The summed E-state index contributed by atoms with van der Waals surface area (Å²) in [6.07, 6.45) is 3.20. The predicted octanol–water partition coefficient (Wildman–Crippen LogP) is 2.72. The average Bonchev–Trinajstić information content (AvgIpc) is 3.24. The fourth-order valence-electron chi connectivity index (χ4n) is 2.27. The van der Waals surface area contributed by atoms with Crippen molar-refractivity contribution in [3.05, 3.63) is 53.3 Å². The molecule has 0 aliphatic rings. The van der Waals surface area contributed by atoms with Gasteiger partial charge in [0.05, 0.1) is 16.2 Å². The zero-order valence-electron chi connectivity index (χ0n) is 14.1. The van der Waals surface area contributed by atoms with E-state index in [1.165, 1.54) is 41.8 Å². The van der Waals surface area contributed by atoms with Crippen LogP contribution in [0, 0.1) is 6.92 Å². The van der Waals surface area contributed by atoms with Crippen molar-refractivity contribution in [2.24, 2.45) is 0 Å². The normalized spacial score (nSPS) is 11.3. The minimum absolute atomic E-state index is 0.0840. The number of carbonyl (C=O) groups excluding carboxylic acids is 1. The van der Waals surface area contributed by atoms with Gasteiger partial charge in [0, 0.05) is 30.0 Å². The van der Waals surface area contributed by atoms with E-state index in [0.717, 1.165) is 0 Å². The third-order valence-corrected chi connectivity index (χ3v) is 5.76. The van der Waals surface area contributed by atoms with Crippen LogP contribution in [0.15, 0.2) is 46.9 Å². The first-order chi connectivity index (χ1) is 12.4. The molecule has 136 valence electrons. The number of hydrogen-bond acceptors (Lipinski definition) is 6. The zero-order chi connectivity index (χ0) is 18.7. The number of aromatic nitrogens is 3. The van der Waals surface area contributed by atoms with Gasteiger partial charge in [0.1, 0.15) is 0 Å². The fraction of sp³-hybridized carbons (Fsp3) is 0.188. The Balaban J connectivity index is 1.73. The molecule has 3 aromatic rings. The number of rotatable bonds is 6. The number of carbonyl (C=O) groups is 1. The number of benzene rings is 1. The Bertz CT molecular complexity index is 1010. The molecular formula is C16H17N5O3S2. The molecule has 1 aromatic carbocycles. The molecule has 0 aliphatic carbocycles. The Labute approximate surface area is 154 Å². The van der Waals surface area contributed by atoms with E-state index in [-0.39, 0.29) is 10.8 Å². The van der Waals surface area contributed by atoms with Gasteiger partial charge in [-0.2, -0.15) is 5.10 Å². The van der Waals surface area contributed by atoms with Crippen LogP contribution < -0.4 is 10.0 Å². The van der Waals surface area contributed by atoms with E-state index in [0.29, 0.717) is 28.6 Å². The first kappa shape index (κ1) is 18.1. The van der Waals surface area contributed by atoms with Crippen LogP contribution in [-0.2, 0) is 16.6 Å². The minimum atomic E-state index is -3.72. The molecule has 3 rings (SSSR count). The summed E-state index contributed by atoms with van der Waals surface area (Å²) in [7, 11) is -3.72. The van der Waals surface area contributed by atoms with Crippen molar-refractivity contribution >= 4 is 38.1 Å². The second kappa shape index (κ2) is 7.26. The fourth-order valence-corrected chi connectivity index (χ4v) is 4.06. The second-order valence-electron chi connectivity index (χ2n) is 5.41. The molecule has 10 heteroatoms. The number of anilines is 2. The van der Waals surface area contributed by atoms with E-state index in [2.05, 4.69) is 20.1 Å². The van der Waals surface area contributed by atoms with E-state index in [9.17, 15) is 13.2 Å². The molecule has 0 aliphatic heterocycles. The Morgan fingerprint density at radius 1 is 1.27 bits per heavy atom. The lowest BCUT2D eigenvalue weighted by molar-refractivity contribution is 0.102. The van der Waals surface area contributed by atoms with Crippen molar-refractivity contribution in [3.8, 4) is 0 Å². The number of sulfonamides is 1. The van der Waals surface area contributed by atoms with Crippen molar-refractivity contribution in [2.75, 3.05) is 10.0 Å². The maximum Gasteiger partial charge on any atom is 0.263 e. The van der Waals surface area contributed by atoms with Crippen LogP contribution in [0.25, 0.3) is 0 Å². The third-order valence-electron chi connectivity index (χ3n) is 3.59. The summed E-state index contributed by atoms with van der Waals surface area (Å²) in [6.45, 7) is 4.38. The molecule has 0 atom stereocenters. The number of thiazole rings is 1. The van der Waals surface area contributed by atoms with Crippen molar-refractivity contribution in [2.45, 2.75) is 25.3 Å². The van der Waals surface area contributed by atoms with E-state index in [4.69, 9.17) is 0 Å². The first-order valence-corrected chi connectivity index (χ1v) is 10.1. The lowest BCUT2D eigenvalue weighted by Gasteiger charge is -2.07. The monoisotopic (exact) mass is 391 g/mol. The molecule has 0 radical (unpaired) electrons. The Kier molecular flexibility index (Phi) is 5.05. The summed E-state index contributed by atoms with van der Waals surface area (Å²) >= 11 is 1.19. The van der Waals surface area contributed by atoms with Gasteiger partial charge in [-0.05, 0) is 38.1 Å². The molecule has 0 saturated carbocycles. The molecule has 2 N–H and O–H groups in total. The van der Waals surface area contributed by atoms with Crippen molar-refractivity contribution < 1.29 is 13.2 Å². The summed E-state index contributed by atoms with van der Waals surface area (Å²) in [5.74, 6) is -0.293. The summed E-state index contributed by atoms with van der Waals surface area (Å²) < 4.78 is 28.7. The summed E-state index contributed by atoms with van der Waals surface area (Å²) in [4.78, 5) is 16.3. The standard InChI is InChI=1S/C16H17N5O3S2/c1-3-21-10-14(11(2)19-21)15(22)18-12-4-6-13(7-5-12)26(23,24)20-16-17-8-9-25-16/h4-10H,3H2,1-2H3,(H,17,20)(H,18,22). The molecule has 2 aromatic heterocycles. The third kappa shape index (κ3) is 3.92. The molecule has 0 unspecified atom stereocenters. The Morgan fingerprint density at radius 3 is 2.58 bits per heavy atom. The zero-order valence-corrected chi connectivity index (χ0v) is 15.8. The largest absolute Gasteiger partial charge is 0.322 e. The molecule has 26 heavy (non-hydrogen) atoms. The van der Waals surface area contributed by atoms with Crippen LogP contribution >= 0.6 is 11.3 Å². The van der Waals surface area contributed by atoms with Gasteiger partial charge < -0.3 is 5.32 Å². The topological polar surface area (TPSA) is 106 Å². The van der Waals surface area contributed by atoms with E-state index < -0.39 is 10.0 Å². The summed E-state index contributed by atoms with van der Waals surface area (Å²) in [5.41, 5.74) is 1.61. The van der Waals surface area contributed by atoms with Gasteiger partial charge in [-0.1, -0.05) is 0 Å². The van der Waals surface area contributed by atoms with Gasteiger partial charge in [-0.15, -0.1) is 11.3 Å². The van der Waals surface area contributed by atoms with E-state index in [1.54, 1.807) is 23.2 Å². The highest BCUT2D eigenvalue weighted by atomic mass is 32.2. The van der Waals surface area contributed by atoms with Crippen molar-refractivity contribution in [1.29, 1.82) is 0 Å². The molecule has 1 amide bonds. The highest BCUT2D eigenvalue weighted by Crippen LogP contribution is 2.20. The summed E-state index contributed by atoms with van der Waals surface area (Å²) in [5, 5.41) is 8.96. The molecule has 0 bridgehead atoms. The quantitative estimate of drug-likeness (QED) is 0.672. The highest BCUT2D eigenvalue weighted by Gasteiger charge is 2.17. The second-order valence-corrected chi connectivity index (χ2v) is 7.98. The van der Waals surface area contributed by atoms with Gasteiger partial charge in [-0.25, -0.2) is 13.4 Å². The molecule has 0 saturated heterocycles. The van der Waals surface area contributed by atoms with E-state index >= 15 is 0 Å². The predicted molar refractivity (Wildman–Crippen MR) is 100.0 cm³/mol. The highest BCUT2D eigenvalue weighted by molar-refractivity contribution is 7.93. The molecular weight excluding hydrogens is 374 g/mol. The van der Waals surface area contributed by atoms with Crippen LogP contribution in [0.3, 0.4) is 0 Å². The van der Waals surface area contributed by atoms with Crippen molar-refractivity contribution in [3.63, 3.8) is 0 Å². The minimum Gasteiger partial charge on any atom is -0.322 e. The van der Waals surface area contributed by atoms with Gasteiger partial charge in [0.2, 0.25) is 0 Å².